The highest BCUT2D eigenvalue weighted by atomic mass is 19.1. The maximum atomic E-state index is 15.3. The maximum absolute atomic E-state index is 15.3. The van der Waals surface area contributed by atoms with Crippen LogP contribution in [0, 0.1) is 17.7 Å². The topological polar surface area (TPSA) is 169 Å². The van der Waals surface area contributed by atoms with E-state index in [-0.39, 0.29) is 71.2 Å². The third-order valence-corrected chi connectivity index (χ3v) is 18.7. The molecule has 1 spiro atoms. The summed E-state index contributed by atoms with van der Waals surface area (Å²) in [4.78, 5) is 93.2. The van der Waals surface area contributed by atoms with Gasteiger partial charge in [-0.05, 0) is 152 Å². The number of para-hydroxylation sites is 1. The van der Waals surface area contributed by atoms with Gasteiger partial charge >= 0.3 is 0 Å². The molecule has 0 bridgehead atoms. The summed E-state index contributed by atoms with van der Waals surface area (Å²) < 4.78 is 17.2. The Morgan fingerprint density at radius 2 is 1.51 bits per heavy atom. The summed E-state index contributed by atoms with van der Waals surface area (Å²) >= 11 is 0. The smallest absolute Gasteiger partial charge is 0.238 e. The molecule has 1 atom stereocenters. The van der Waals surface area contributed by atoms with E-state index in [4.69, 9.17) is 9.97 Å². The second kappa shape index (κ2) is 20.9. The Hall–Kier alpha value is -6.75. The van der Waals surface area contributed by atoms with Crippen molar-refractivity contribution < 1.29 is 28.4 Å². The molecule has 5 aromatic rings. The van der Waals surface area contributed by atoms with E-state index >= 15 is 9.18 Å². The fourth-order valence-electron chi connectivity index (χ4n) is 14.0. The molecular weight excluding hydrogens is 974 g/mol. The number of likely N-dealkylation sites (tertiary alicyclic amines) is 3. The van der Waals surface area contributed by atoms with E-state index < -0.39 is 5.41 Å². The number of benzene rings is 2. The van der Waals surface area contributed by atoms with Crippen molar-refractivity contribution in [2.45, 2.75) is 146 Å². The predicted octanol–water partition coefficient (Wildman–Crippen LogP) is 8.63. The molecule has 8 heterocycles. The van der Waals surface area contributed by atoms with E-state index in [2.05, 4.69) is 62.4 Å². The number of fused-ring (bicyclic) bond motifs is 3. The monoisotopic (exact) mass is 1050 g/mol. The third kappa shape index (κ3) is 9.53. The van der Waals surface area contributed by atoms with E-state index in [1.54, 1.807) is 30.7 Å². The Bertz CT molecular complexity index is 3070. The highest BCUT2D eigenvalue weighted by Gasteiger charge is 2.56. The number of nitrogens with one attached hydrogen (secondary N) is 2. The standard InChI is InChI=1S/C60H72FN11O5/c1-37(2)71-36-63-50-34-49(65-55(54(50)71)64-48-10-6-5-9-47(48)61)40-13-18-46-51(31-40)72(44-32-43(33-44)68-25-7-4-8-26-68)59(77)60(46)23-29-70(30-24-60)58(76)39-21-27-69(28-22-39)57(75)38-11-15-42(16-12-38)67(3)52-19-14-41(35-62-52)45-17-20-53(73)66-56(45)74/h5-6,9-10,13-14,18-19,31,34-39,42-45H,4,7-8,11-12,15-17,20-30,32-33H2,1-3H3,(H,64,65)(H,66,73,74). The molecule has 77 heavy (non-hydrogen) atoms. The van der Waals surface area contributed by atoms with E-state index in [1.807, 2.05) is 39.6 Å². The first-order valence-corrected chi connectivity index (χ1v) is 28.6. The van der Waals surface area contributed by atoms with Gasteiger partial charge in [-0.3, -0.25) is 29.3 Å². The van der Waals surface area contributed by atoms with Crippen molar-refractivity contribution in [3.63, 3.8) is 0 Å². The van der Waals surface area contributed by atoms with Gasteiger partial charge in [-0.2, -0.15) is 0 Å². The number of amides is 5. The van der Waals surface area contributed by atoms with Crippen LogP contribution >= 0.6 is 0 Å². The van der Waals surface area contributed by atoms with Crippen molar-refractivity contribution in [3.05, 3.63) is 90.1 Å². The second-order valence-electron chi connectivity index (χ2n) is 23.4. The first-order valence-electron chi connectivity index (χ1n) is 28.6. The van der Waals surface area contributed by atoms with Crippen LogP contribution in [-0.2, 0) is 29.4 Å². The normalized spacial score (nSPS) is 25.0. The first kappa shape index (κ1) is 51.0. The second-order valence-corrected chi connectivity index (χ2v) is 23.4. The molecule has 5 amide bonds. The molecular formula is C60H72FN11O5. The number of imidazole rings is 1. The minimum Gasteiger partial charge on any atom is -0.357 e. The van der Waals surface area contributed by atoms with Crippen LogP contribution in [0.4, 0.5) is 27.4 Å². The minimum absolute atomic E-state index is 0.0410. The molecule has 16 nitrogen and oxygen atoms in total. The van der Waals surface area contributed by atoms with Crippen LogP contribution in [0.5, 0.6) is 0 Å². The van der Waals surface area contributed by atoms with Gasteiger partial charge in [0.05, 0.1) is 34.6 Å². The van der Waals surface area contributed by atoms with Gasteiger partial charge in [0.25, 0.3) is 0 Å². The zero-order valence-electron chi connectivity index (χ0n) is 44.8. The van der Waals surface area contributed by atoms with Crippen molar-refractivity contribution in [2.75, 3.05) is 61.4 Å². The van der Waals surface area contributed by atoms with E-state index in [9.17, 15) is 19.2 Å². The molecule has 5 aliphatic heterocycles. The number of carbonyl (C=O) groups excluding carboxylic acids is 5. The zero-order valence-corrected chi connectivity index (χ0v) is 44.8. The fraction of sp³-hybridized carbons (Fsp3) is 0.533. The lowest BCUT2D eigenvalue weighted by Crippen LogP contribution is -2.58. The zero-order chi connectivity index (χ0) is 53.1. The number of piperidine rings is 4. The summed E-state index contributed by atoms with van der Waals surface area (Å²) in [5, 5.41) is 5.72. The summed E-state index contributed by atoms with van der Waals surface area (Å²) in [6.45, 7) is 8.54. The molecule has 2 aliphatic carbocycles. The summed E-state index contributed by atoms with van der Waals surface area (Å²) in [5.74, 6) is 0.358. The Morgan fingerprint density at radius 3 is 2.19 bits per heavy atom. The molecule has 2 saturated carbocycles. The number of rotatable bonds is 11. The lowest BCUT2D eigenvalue weighted by Gasteiger charge is -2.48. The van der Waals surface area contributed by atoms with Crippen LogP contribution in [0.15, 0.2) is 73.2 Å². The van der Waals surface area contributed by atoms with Crippen LogP contribution in [0.25, 0.3) is 22.3 Å². The number of imide groups is 1. The number of anilines is 4. The fourth-order valence-corrected chi connectivity index (χ4v) is 14.0. The van der Waals surface area contributed by atoms with Crippen molar-refractivity contribution in [1.82, 2.24) is 39.5 Å². The number of pyridine rings is 2. The molecule has 12 rings (SSSR count). The third-order valence-electron chi connectivity index (χ3n) is 18.7. The lowest BCUT2D eigenvalue weighted by atomic mass is 9.73. The molecule has 3 aromatic heterocycles. The average Bonchev–Trinajstić information content (AvgIpc) is 4.20. The van der Waals surface area contributed by atoms with Gasteiger partial charge in [-0.25, -0.2) is 19.3 Å². The largest absolute Gasteiger partial charge is 0.357 e. The van der Waals surface area contributed by atoms with Gasteiger partial charge in [0.2, 0.25) is 29.5 Å². The highest BCUT2D eigenvalue weighted by molar-refractivity contribution is 6.09. The number of carbonyl (C=O) groups is 5. The Balaban J connectivity index is 0.701. The van der Waals surface area contributed by atoms with Gasteiger partial charge in [0, 0.05) is 93.1 Å². The molecule has 2 aromatic carbocycles. The lowest BCUT2D eigenvalue weighted by molar-refractivity contribution is -0.144. The molecule has 6 fully saturated rings. The Kier molecular flexibility index (Phi) is 13.8. The van der Waals surface area contributed by atoms with Crippen molar-refractivity contribution in [3.8, 4) is 11.3 Å². The summed E-state index contributed by atoms with van der Waals surface area (Å²) in [5.41, 5.74) is 5.40. The van der Waals surface area contributed by atoms with Gasteiger partial charge in [0.15, 0.2) is 5.82 Å². The summed E-state index contributed by atoms with van der Waals surface area (Å²) in [6.07, 6.45) is 15.7. The molecule has 4 saturated heterocycles. The van der Waals surface area contributed by atoms with E-state index in [1.165, 1.54) is 25.3 Å². The number of nitrogens with zero attached hydrogens (tertiary/aromatic N) is 9. The molecule has 404 valence electrons. The van der Waals surface area contributed by atoms with E-state index in [0.29, 0.717) is 87.9 Å². The number of aromatic nitrogens is 4. The van der Waals surface area contributed by atoms with E-state index in [0.717, 1.165) is 90.8 Å². The highest BCUT2D eigenvalue weighted by Crippen LogP contribution is 2.52. The van der Waals surface area contributed by atoms with Crippen LogP contribution in [0.3, 0.4) is 0 Å². The van der Waals surface area contributed by atoms with Crippen LogP contribution < -0.4 is 20.4 Å². The van der Waals surface area contributed by atoms with Gasteiger partial charge in [-0.1, -0.05) is 36.8 Å². The van der Waals surface area contributed by atoms with Crippen LogP contribution in [0.1, 0.15) is 133 Å². The molecule has 17 heteroatoms. The molecule has 2 N–H and O–H groups in total. The van der Waals surface area contributed by atoms with Crippen molar-refractivity contribution in [2.24, 2.45) is 11.8 Å². The molecule has 1 unspecified atom stereocenters. The first-order chi connectivity index (χ1) is 37.3. The molecule has 7 aliphatic rings. The summed E-state index contributed by atoms with van der Waals surface area (Å²) in [7, 11) is 2.04. The number of hydrogen-bond acceptors (Lipinski definition) is 11. The average molecular weight is 1050 g/mol. The predicted molar refractivity (Wildman–Crippen MR) is 293 cm³/mol. The van der Waals surface area contributed by atoms with Gasteiger partial charge < -0.3 is 34.4 Å². The SMILES string of the molecule is CC(C)n1cnc2cc(-c3ccc4c(c3)N(C3CC(N5CCCCC5)C3)C(=O)C43CCN(C(=O)C4CCN(C(=O)C5CCC(N(C)c6ccc(C7CCC(=O)NC7=O)cn6)CC5)CC4)CC3)nc(Nc3ccccc3F)c21. The van der Waals surface area contributed by atoms with Crippen molar-refractivity contribution >= 4 is 63.6 Å². The number of halogens is 1. The summed E-state index contributed by atoms with van der Waals surface area (Å²) in [6, 6.07) is 19.7. The van der Waals surface area contributed by atoms with Crippen molar-refractivity contribution in [1.29, 1.82) is 0 Å². The van der Waals surface area contributed by atoms with Crippen LogP contribution in [-0.4, -0.2) is 128 Å². The number of hydrogen-bond donors (Lipinski definition) is 2. The minimum atomic E-state index is -0.742. The van der Waals surface area contributed by atoms with Gasteiger partial charge in [0.1, 0.15) is 17.2 Å². The maximum Gasteiger partial charge on any atom is 0.238 e. The Morgan fingerprint density at radius 1 is 0.792 bits per heavy atom. The molecule has 0 radical (unpaired) electrons. The quantitative estimate of drug-likeness (QED) is 0.122. The Labute approximate surface area is 450 Å². The van der Waals surface area contributed by atoms with Crippen LogP contribution in [0.2, 0.25) is 0 Å². The van der Waals surface area contributed by atoms with Gasteiger partial charge in [-0.15, -0.1) is 0 Å².